The number of benzene rings is 1. The molecule has 206 valence electrons. The van der Waals surface area contributed by atoms with Crippen molar-refractivity contribution >= 4 is 37.7 Å². The van der Waals surface area contributed by atoms with Gasteiger partial charge in [0, 0.05) is 23.1 Å². The molecule has 11 nitrogen and oxygen atoms in total. The third-order valence-corrected chi connectivity index (χ3v) is 7.28. The molecule has 0 aliphatic heterocycles. The van der Waals surface area contributed by atoms with Gasteiger partial charge < -0.3 is 19.3 Å². The minimum atomic E-state index is -4.82. The highest BCUT2D eigenvalue weighted by atomic mass is 79.9. The number of sulfonamides is 1. The van der Waals surface area contributed by atoms with Crippen LogP contribution in [0.2, 0.25) is 0 Å². The maximum absolute atomic E-state index is 12.7. The first kappa shape index (κ1) is 29.3. The molecule has 2 N–H and O–H groups in total. The van der Waals surface area contributed by atoms with Gasteiger partial charge in [-0.3, -0.25) is 4.79 Å². The van der Waals surface area contributed by atoms with Gasteiger partial charge in [0.1, 0.15) is 18.1 Å². The van der Waals surface area contributed by atoms with Crippen molar-refractivity contribution in [3.63, 3.8) is 0 Å². The third kappa shape index (κ3) is 6.99. The van der Waals surface area contributed by atoms with E-state index in [-0.39, 0.29) is 34.3 Å². The molecule has 0 aliphatic carbocycles. The first-order valence-corrected chi connectivity index (χ1v) is 13.2. The molecular formula is C22H23BrF3N5O6S. The molecule has 1 atom stereocenters. The van der Waals surface area contributed by atoms with Crippen LogP contribution in [0.5, 0.6) is 5.75 Å². The van der Waals surface area contributed by atoms with Gasteiger partial charge in [0.2, 0.25) is 0 Å². The van der Waals surface area contributed by atoms with E-state index in [1.54, 1.807) is 24.0 Å². The molecule has 2 aromatic heterocycles. The zero-order chi connectivity index (χ0) is 28.3. The predicted molar refractivity (Wildman–Crippen MR) is 131 cm³/mol. The second-order valence-electron chi connectivity index (χ2n) is 8.00. The Bertz CT molecular complexity index is 1380. The third-order valence-electron chi connectivity index (χ3n) is 5.21. The van der Waals surface area contributed by atoms with E-state index in [2.05, 4.69) is 31.3 Å². The second kappa shape index (κ2) is 11.7. The van der Waals surface area contributed by atoms with Gasteiger partial charge in [0.25, 0.3) is 15.9 Å². The average Bonchev–Trinajstić information content (AvgIpc) is 3.19. The minimum absolute atomic E-state index is 0.0200. The summed E-state index contributed by atoms with van der Waals surface area (Å²) in [5.41, 5.74) is 0.309. The molecule has 3 aromatic rings. The van der Waals surface area contributed by atoms with Crippen LogP contribution in [0.25, 0.3) is 0 Å². The number of aromatic nitrogens is 3. The summed E-state index contributed by atoms with van der Waals surface area (Å²) in [7, 11) is -4.27. The summed E-state index contributed by atoms with van der Waals surface area (Å²) in [5.74, 6) is -0.563. The molecule has 38 heavy (non-hydrogen) atoms. The molecule has 0 radical (unpaired) electrons. The van der Waals surface area contributed by atoms with Gasteiger partial charge in [0.15, 0.2) is 28.3 Å². The number of carbonyl (C=O) groups is 1. The van der Waals surface area contributed by atoms with Gasteiger partial charge in [0.05, 0.1) is 0 Å². The number of halogens is 4. The van der Waals surface area contributed by atoms with Crippen LogP contribution in [-0.2, 0) is 16.6 Å². The van der Waals surface area contributed by atoms with E-state index in [1.807, 2.05) is 4.72 Å². The summed E-state index contributed by atoms with van der Waals surface area (Å²) < 4.78 is 75.7. The van der Waals surface area contributed by atoms with E-state index < -0.39 is 34.8 Å². The second-order valence-corrected chi connectivity index (χ2v) is 10.5. The quantitative estimate of drug-likeness (QED) is 0.345. The summed E-state index contributed by atoms with van der Waals surface area (Å²) in [6.45, 7) is 4.15. The van der Waals surface area contributed by atoms with Crippen molar-refractivity contribution in [3.8, 4) is 5.75 Å². The first-order chi connectivity index (χ1) is 17.7. The molecule has 0 fully saturated rings. The molecule has 0 aliphatic rings. The van der Waals surface area contributed by atoms with Gasteiger partial charge in [-0.1, -0.05) is 21.1 Å². The standard InChI is InChI=1S/C22H23BrF3N5O6S/c1-4-31(10-14-9-15(23)5-7-17(14)36-11-18(32)22(24,25)26)19-8-6-16(27-28-19)21(33)30-38(34,35)20-12(2)29-37-13(20)3/h5-9,18,32H,4,10-11H2,1-3H3,(H,30,33). The molecule has 0 saturated heterocycles. The largest absolute Gasteiger partial charge is 0.490 e. The van der Waals surface area contributed by atoms with Crippen molar-refractivity contribution in [3.05, 3.63) is 57.5 Å². The van der Waals surface area contributed by atoms with Gasteiger partial charge >= 0.3 is 6.18 Å². The van der Waals surface area contributed by atoms with Crippen LogP contribution >= 0.6 is 15.9 Å². The molecule has 16 heteroatoms. The average molecular weight is 622 g/mol. The first-order valence-electron chi connectivity index (χ1n) is 11.0. The topological polar surface area (TPSA) is 148 Å². The Hall–Kier alpha value is -3.24. The molecule has 1 aromatic carbocycles. The summed E-state index contributed by atoms with van der Waals surface area (Å²) in [6.07, 6.45) is -7.46. The number of aliphatic hydroxyl groups is 1. The summed E-state index contributed by atoms with van der Waals surface area (Å²) in [6, 6.07) is 7.42. The fourth-order valence-corrected chi connectivity index (χ4v) is 5.04. The number of aryl methyl sites for hydroxylation is 2. The zero-order valence-corrected chi connectivity index (χ0v) is 22.7. The SMILES string of the molecule is CCN(Cc1cc(Br)ccc1OCC(O)C(F)(F)F)c1ccc(C(=O)NS(=O)(=O)c2c(C)noc2C)nn1. The van der Waals surface area contributed by atoms with E-state index in [0.717, 1.165) is 0 Å². The number of ether oxygens (including phenoxy) is 1. The number of rotatable bonds is 10. The normalized spacial score (nSPS) is 12.7. The highest BCUT2D eigenvalue weighted by molar-refractivity contribution is 9.10. The molecule has 2 heterocycles. The molecule has 0 spiro atoms. The Balaban J connectivity index is 1.75. The van der Waals surface area contributed by atoms with E-state index in [1.165, 1.54) is 32.0 Å². The minimum Gasteiger partial charge on any atom is -0.490 e. The Morgan fingerprint density at radius 2 is 1.95 bits per heavy atom. The van der Waals surface area contributed by atoms with Crippen molar-refractivity contribution in [2.75, 3.05) is 18.1 Å². The number of alkyl halides is 3. The van der Waals surface area contributed by atoms with Crippen LogP contribution in [0.3, 0.4) is 0 Å². The summed E-state index contributed by atoms with van der Waals surface area (Å²) >= 11 is 3.31. The zero-order valence-electron chi connectivity index (χ0n) is 20.3. The fourth-order valence-electron chi connectivity index (χ4n) is 3.33. The number of nitrogens with one attached hydrogen (secondary N) is 1. The Morgan fingerprint density at radius 1 is 1.24 bits per heavy atom. The fraction of sp³-hybridized carbons (Fsp3) is 0.364. The van der Waals surface area contributed by atoms with Crippen molar-refractivity contribution in [2.24, 2.45) is 0 Å². The highest BCUT2D eigenvalue weighted by Crippen LogP contribution is 2.28. The van der Waals surface area contributed by atoms with Crippen molar-refractivity contribution in [1.29, 1.82) is 0 Å². The molecule has 0 saturated carbocycles. The molecule has 1 amide bonds. The van der Waals surface area contributed by atoms with Crippen LogP contribution in [0.4, 0.5) is 19.0 Å². The van der Waals surface area contributed by atoms with Crippen LogP contribution in [0.1, 0.15) is 34.4 Å². The number of hydrogen-bond donors (Lipinski definition) is 2. The summed E-state index contributed by atoms with van der Waals surface area (Å²) in [4.78, 5) is 14.0. The predicted octanol–water partition coefficient (Wildman–Crippen LogP) is 3.29. The van der Waals surface area contributed by atoms with Gasteiger partial charge in [-0.25, -0.2) is 13.1 Å². The molecular weight excluding hydrogens is 599 g/mol. The van der Waals surface area contributed by atoms with Crippen LogP contribution in [-0.4, -0.2) is 60.2 Å². The number of hydrogen-bond acceptors (Lipinski definition) is 10. The van der Waals surface area contributed by atoms with E-state index >= 15 is 0 Å². The van der Waals surface area contributed by atoms with Gasteiger partial charge in [-0.15, -0.1) is 10.2 Å². The lowest BCUT2D eigenvalue weighted by molar-refractivity contribution is -0.210. The number of nitrogens with zero attached hydrogens (tertiary/aromatic N) is 4. The number of anilines is 1. The maximum atomic E-state index is 12.7. The van der Waals surface area contributed by atoms with Crippen molar-refractivity contribution < 1.29 is 40.8 Å². The summed E-state index contributed by atoms with van der Waals surface area (Å²) in [5, 5.41) is 20.6. The van der Waals surface area contributed by atoms with E-state index in [9.17, 15) is 31.5 Å². The molecule has 3 rings (SSSR count). The Morgan fingerprint density at radius 3 is 2.50 bits per heavy atom. The van der Waals surface area contributed by atoms with E-state index in [4.69, 9.17) is 9.26 Å². The van der Waals surface area contributed by atoms with Gasteiger partial charge in [-0.2, -0.15) is 13.2 Å². The van der Waals surface area contributed by atoms with E-state index in [0.29, 0.717) is 22.4 Å². The van der Waals surface area contributed by atoms with Gasteiger partial charge in [-0.05, 0) is 51.1 Å². The monoisotopic (exact) mass is 621 g/mol. The highest BCUT2D eigenvalue weighted by Gasteiger charge is 2.39. The number of aliphatic hydroxyl groups excluding tert-OH is 1. The maximum Gasteiger partial charge on any atom is 0.417 e. The number of amides is 1. The lowest BCUT2D eigenvalue weighted by Crippen LogP contribution is -2.34. The number of carbonyl (C=O) groups excluding carboxylic acids is 1. The lowest BCUT2D eigenvalue weighted by atomic mass is 10.2. The molecule has 0 bridgehead atoms. The Labute approximate surface area is 224 Å². The van der Waals surface area contributed by atoms with Crippen LogP contribution < -0.4 is 14.4 Å². The van der Waals surface area contributed by atoms with Crippen molar-refractivity contribution in [1.82, 2.24) is 20.1 Å². The molecule has 1 unspecified atom stereocenters. The smallest absolute Gasteiger partial charge is 0.417 e. The Kier molecular flexibility index (Phi) is 8.99. The lowest BCUT2D eigenvalue weighted by Gasteiger charge is -2.24. The van der Waals surface area contributed by atoms with Crippen molar-refractivity contribution in [2.45, 2.75) is 44.5 Å². The van der Waals surface area contributed by atoms with Crippen LogP contribution in [0, 0.1) is 13.8 Å². The van der Waals surface area contributed by atoms with Crippen LogP contribution in [0.15, 0.2) is 44.2 Å².